The molecule has 0 heterocycles. The van der Waals surface area contributed by atoms with Gasteiger partial charge in [-0.3, -0.25) is 43.9 Å². The van der Waals surface area contributed by atoms with Gasteiger partial charge in [0.2, 0.25) is 23.6 Å². The maximum absolute atomic E-state index is 13.8. The standard InChI is InChI=1S/C29H53N9O8/c1-15(2)12-19(31)26(44)35-17(5)25(43)36-20(8-7-11-34-29(32)33)27(45)37-21(13-16(3)4)28(46)38(18(6)39)22(14-24(41)42)23(40)9-10-30/h15-17,19-22H,7-14,30-31H2,1-6H3,(H,35,44)(H,36,43)(H,37,45)(H,41,42)(H4,32,33,34). The van der Waals surface area contributed by atoms with Gasteiger partial charge in [-0.1, -0.05) is 27.7 Å². The number of nitrogens with one attached hydrogen (secondary N) is 5. The van der Waals surface area contributed by atoms with Crippen molar-refractivity contribution >= 4 is 47.2 Å². The van der Waals surface area contributed by atoms with Gasteiger partial charge in [0.25, 0.3) is 5.91 Å². The fourth-order valence-corrected chi connectivity index (χ4v) is 4.58. The summed E-state index contributed by atoms with van der Waals surface area (Å²) in [6.45, 7) is 9.75. The van der Waals surface area contributed by atoms with E-state index < -0.39 is 77.9 Å². The minimum Gasteiger partial charge on any atom is -0.481 e. The Morgan fingerprint density at radius 3 is 1.89 bits per heavy atom. The Labute approximate surface area is 270 Å². The molecule has 0 aliphatic heterocycles. The zero-order valence-corrected chi connectivity index (χ0v) is 27.7. The van der Waals surface area contributed by atoms with Crippen LogP contribution in [0.1, 0.15) is 80.1 Å². The second kappa shape index (κ2) is 20.8. The van der Waals surface area contributed by atoms with E-state index in [2.05, 4.69) is 21.3 Å². The molecule has 0 bridgehead atoms. The molecule has 0 saturated heterocycles. The summed E-state index contributed by atoms with van der Waals surface area (Å²) in [5.74, 6) is -6.48. The van der Waals surface area contributed by atoms with E-state index in [0.29, 0.717) is 11.3 Å². The highest BCUT2D eigenvalue weighted by Crippen LogP contribution is 2.16. The van der Waals surface area contributed by atoms with Crippen molar-refractivity contribution in [3.05, 3.63) is 0 Å². The van der Waals surface area contributed by atoms with Gasteiger partial charge in [0.1, 0.15) is 24.2 Å². The highest BCUT2D eigenvalue weighted by atomic mass is 16.4. The molecule has 0 aromatic carbocycles. The lowest BCUT2D eigenvalue weighted by atomic mass is 9.98. The average Bonchev–Trinajstić information content (AvgIpc) is 2.92. The van der Waals surface area contributed by atoms with Gasteiger partial charge in [0, 0.05) is 19.9 Å². The number of rotatable bonds is 21. The first-order chi connectivity index (χ1) is 21.3. The molecule has 5 amide bonds. The van der Waals surface area contributed by atoms with Gasteiger partial charge in [-0.05, 0) is 51.0 Å². The number of carbonyl (C=O) groups is 7. The quantitative estimate of drug-likeness (QED) is 0.0379. The van der Waals surface area contributed by atoms with E-state index in [9.17, 15) is 38.7 Å². The molecular formula is C29H53N9O8. The molecule has 0 aliphatic rings. The third-order valence-electron chi connectivity index (χ3n) is 6.77. The van der Waals surface area contributed by atoms with E-state index in [1.54, 1.807) is 13.8 Å². The molecule has 0 spiro atoms. The van der Waals surface area contributed by atoms with E-state index in [0.717, 1.165) is 6.92 Å². The first-order valence-corrected chi connectivity index (χ1v) is 15.3. The summed E-state index contributed by atoms with van der Waals surface area (Å²) in [6, 6.07) is -6.19. The predicted octanol–water partition coefficient (Wildman–Crippen LogP) is -1.72. The molecule has 0 aromatic rings. The number of carbonyl (C=O) groups excluding carboxylic acids is 6. The average molecular weight is 656 g/mol. The van der Waals surface area contributed by atoms with Crippen molar-refractivity contribution in [1.82, 2.24) is 26.2 Å². The van der Waals surface area contributed by atoms with Crippen LogP contribution in [0.15, 0.2) is 0 Å². The van der Waals surface area contributed by atoms with Crippen molar-refractivity contribution in [2.75, 3.05) is 13.1 Å². The van der Waals surface area contributed by atoms with Gasteiger partial charge in [0.15, 0.2) is 11.7 Å². The van der Waals surface area contributed by atoms with Crippen LogP contribution in [-0.4, -0.2) is 101 Å². The number of Topliss-reactive ketones (excluding diaryl/α,β-unsaturated/α-hetero) is 1. The summed E-state index contributed by atoms with van der Waals surface area (Å²) < 4.78 is 0. The van der Waals surface area contributed by atoms with E-state index in [1.807, 2.05) is 13.8 Å². The van der Waals surface area contributed by atoms with Crippen molar-refractivity contribution in [2.45, 2.75) is 110 Å². The molecule has 0 aliphatic carbocycles. The highest BCUT2D eigenvalue weighted by Gasteiger charge is 2.39. The van der Waals surface area contributed by atoms with Crippen LogP contribution in [0, 0.1) is 17.2 Å². The molecule has 12 N–H and O–H groups in total. The monoisotopic (exact) mass is 655 g/mol. The lowest BCUT2D eigenvalue weighted by molar-refractivity contribution is -0.155. The van der Waals surface area contributed by atoms with E-state index >= 15 is 0 Å². The molecule has 0 radical (unpaired) electrons. The van der Waals surface area contributed by atoms with Crippen molar-refractivity contribution in [3.8, 4) is 0 Å². The Balaban J connectivity index is 6.23. The van der Waals surface area contributed by atoms with Gasteiger partial charge >= 0.3 is 5.97 Å². The van der Waals surface area contributed by atoms with Crippen molar-refractivity contribution < 1.29 is 38.7 Å². The van der Waals surface area contributed by atoms with Crippen LogP contribution < -0.4 is 38.5 Å². The van der Waals surface area contributed by atoms with Gasteiger partial charge in [-0.25, -0.2) is 0 Å². The van der Waals surface area contributed by atoms with Gasteiger partial charge in [-0.2, -0.15) is 0 Å². The number of carboxylic acid groups (broad SMARTS) is 1. The number of hydrogen-bond donors (Lipinski definition) is 9. The maximum atomic E-state index is 13.8. The van der Waals surface area contributed by atoms with E-state index in [1.165, 1.54) is 6.92 Å². The van der Waals surface area contributed by atoms with Gasteiger partial charge < -0.3 is 43.6 Å². The predicted molar refractivity (Wildman–Crippen MR) is 170 cm³/mol. The Kier molecular flexibility index (Phi) is 19.0. The topological polar surface area (TPSA) is 293 Å². The molecule has 17 nitrogen and oxygen atoms in total. The number of guanidine groups is 1. The van der Waals surface area contributed by atoms with Crippen molar-refractivity contribution in [3.63, 3.8) is 0 Å². The normalized spacial score (nSPS) is 14.3. The number of ketones is 1. The molecule has 46 heavy (non-hydrogen) atoms. The molecular weight excluding hydrogens is 602 g/mol. The maximum Gasteiger partial charge on any atom is 0.305 e. The van der Waals surface area contributed by atoms with Gasteiger partial charge in [0.05, 0.1) is 12.5 Å². The summed E-state index contributed by atoms with van der Waals surface area (Å²) in [4.78, 5) is 90.4. The minimum absolute atomic E-state index is 0.00593. The number of nitrogens with zero attached hydrogens (tertiary/aromatic N) is 1. The summed E-state index contributed by atoms with van der Waals surface area (Å²) in [7, 11) is 0. The van der Waals surface area contributed by atoms with Crippen molar-refractivity contribution in [1.29, 1.82) is 5.41 Å². The third-order valence-corrected chi connectivity index (χ3v) is 6.77. The minimum atomic E-state index is -1.64. The number of hydrogen-bond acceptors (Lipinski definition) is 10. The Hall–Kier alpha value is -4.12. The largest absolute Gasteiger partial charge is 0.481 e. The third kappa shape index (κ3) is 15.7. The first kappa shape index (κ1) is 41.9. The molecule has 262 valence electrons. The fraction of sp³-hybridized carbons (Fsp3) is 0.724. The van der Waals surface area contributed by atoms with Crippen LogP contribution >= 0.6 is 0 Å². The lowest BCUT2D eigenvalue weighted by Gasteiger charge is -2.32. The molecule has 17 heteroatoms. The second-order valence-corrected chi connectivity index (χ2v) is 12.0. The zero-order chi connectivity index (χ0) is 35.7. The summed E-state index contributed by atoms with van der Waals surface area (Å²) in [5.41, 5.74) is 16.7. The molecule has 0 saturated carbocycles. The van der Waals surface area contributed by atoms with Crippen molar-refractivity contribution in [2.24, 2.45) is 29.0 Å². The second-order valence-electron chi connectivity index (χ2n) is 12.0. The highest BCUT2D eigenvalue weighted by molar-refractivity contribution is 6.04. The van der Waals surface area contributed by atoms with Crippen LogP contribution in [0.5, 0.6) is 0 Å². The number of aliphatic carboxylic acids is 1. The molecule has 0 rings (SSSR count). The van der Waals surface area contributed by atoms with Crippen LogP contribution in [0.4, 0.5) is 0 Å². The van der Waals surface area contributed by atoms with Gasteiger partial charge in [-0.15, -0.1) is 0 Å². The summed E-state index contributed by atoms with van der Waals surface area (Å²) in [5, 5.41) is 27.0. The van der Waals surface area contributed by atoms with Crippen LogP contribution in [0.2, 0.25) is 0 Å². The first-order valence-electron chi connectivity index (χ1n) is 15.3. The SMILES string of the molecule is CC(=O)N(C(=O)C(CC(C)C)NC(=O)C(CCCNC(=N)N)NC(=O)C(C)NC(=O)C(N)CC(C)C)C(CC(=O)O)C(=O)CCN. The Bertz CT molecular complexity index is 1100. The van der Waals surface area contributed by atoms with Crippen LogP contribution in [-0.2, 0) is 33.6 Å². The molecule has 0 aromatic heterocycles. The number of nitrogens with two attached hydrogens (primary N) is 3. The lowest BCUT2D eigenvalue weighted by Crippen LogP contribution is -2.59. The Morgan fingerprint density at radius 2 is 1.41 bits per heavy atom. The fourth-order valence-electron chi connectivity index (χ4n) is 4.58. The number of imide groups is 1. The summed E-state index contributed by atoms with van der Waals surface area (Å²) in [6.07, 6.45) is -0.474. The molecule has 5 unspecified atom stereocenters. The van der Waals surface area contributed by atoms with Crippen LogP contribution in [0.25, 0.3) is 0 Å². The van der Waals surface area contributed by atoms with E-state index in [4.69, 9.17) is 22.6 Å². The zero-order valence-electron chi connectivity index (χ0n) is 27.7. The Morgan fingerprint density at radius 1 is 0.848 bits per heavy atom. The van der Waals surface area contributed by atoms with Crippen LogP contribution in [0.3, 0.4) is 0 Å². The smallest absolute Gasteiger partial charge is 0.305 e. The molecule has 5 atom stereocenters. The number of amides is 5. The number of carboxylic acids is 1. The summed E-state index contributed by atoms with van der Waals surface area (Å²) >= 11 is 0. The molecule has 0 fully saturated rings. The van der Waals surface area contributed by atoms with E-state index in [-0.39, 0.29) is 56.6 Å².